The molecule has 2 rings (SSSR count). The van der Waals surface area contributed by atoms with Crippen LogP contribution < -0.4 is 14.8 Å². The minimum Gasteiger partial charge on any atom is -0.493 e. The quantitative estimate of drug-likeness (QED) is 0.872. The number of rotatable bonds is 6. The molecule has 0 aliphatic carbocycles. The first-order valence-corrected chi connectivity index (χ1v) is 7.20. The molecule has 1 heterocycles. The molecule has 0 radical (unpaired) electrons. The third kappa shape index (κ3) is 4.36. The number of nitrogens with one attached hydrogen (secondary N) is 1. The van der Waals surface area contributed by atoms with E-state index >= 15 is 0 Å². The SMILES string of the molecule is COc1cc(C)ccc1OCC(=O)NCC1(C)CCCO1. The van der Waals surface area contributed by atoms with Crippen LogP contribution in [0.1, 0.15) is 25.3 Å². The molecule has 1 unspecified atom stereocenters. The van der Waals surface area contributed by atoms with E-state index in [1.165, 1.54) is 0 Å². The Morgan fingerprint density at radius 3 is 2.90 bits per heavy atom. The highest BCUT2D eigenvalue weighted by Crippen LogP contribution is 2.27. The molecule has 0 spiro atoms. The van der Waals surface area contributed by atoms with E-state index in [0.717, 1.165) is 25.0 Å². The van der Waals surface area contributed by atoms with Crippen molar-refractivity contribution in [3.8, 4) is 11.5 Å². The topological polar surface area (TPSA) is 56.8 Å². The Balaban J connectivity index is 1.81. The van der Waals surface area contributed by atoms with Crippen LogP contribution in [0.5, 0.6) is 11.5 Å². The number of carbonyl (C=O) groups excluding carboxylic acids is 1. The maximum atomic E-state index is 11.8. The van der Waals surface area contributed by atoms with Crippen LogP contribution in [0.3, 0.4) is 0 Å². The van der Waals surface area contributed by atoms with Crippen LogP contribution in [0, 0.1) is 6.92 Å². The van der Waals surface area contributed by atoms with Gasteiger partial charge in [0.2, 0.25) is 0 Å². The predicted molar refractivity (Wildman–Crippen MR) is 79.8 cm³/mol. The minimum absolute atomic E-state index is 0.0322. The average Bonchev–Trinajstić information content (AvgIpc) is 2.91. The number of hydrogen-bond donors (Lipinski definition) is 1. The summed E-state index contributed by atoms with van der Waals surface area (Å²) in [4.78, 5) is 11.8. The van der Waals surface area contributed by atoms with Crippen molar-refractivity contribution in [2.24, 2.45) is 0 Å². The lowest BCUT2D eigenvalue weighted by Crippen LogP contribution is -2.41. The van der Waals surface area contributed by atoms with Crippen molar-refractivity contribution in [2.45, 2.75) is 32.3 Å². The van der Waals surface area contributed by atoms with Crippen LogP contribution in [-0.2, 0) is 9.53 Å². The summed E-state index contributed by atoms with van der Waals surface area (Å²) in [5, 5.41) is 2.85. The fourth-order valence-corrected chi connectivity index (χ4v) is 2.35. The Hall–Kier alpha value is -1.75. The van der Waals surface area contributed by atoms with Gasteiger partial charge < -0.3 is 19.5 Å². The van der Waals surface area contributed by atoms with E-state index in [9.17, 15) is 4.79 Å². The first-order chi connectivity index (χ1) is 10.0. The monoisotopic (exact) mass is 293 g/mol. The Bertz CT molecular complexity index is 495. The summed E-state index contributed by atoms with van der Waals surface area (Å²) in [6, 6.07) is 5.60. The van der Waals surface area contributed by atoms with Gasteiger partial charge >= 0.3 is 0 Å². The molecule has 1 aromatic rings. The zero-order chi connectivity index (χ0) is 15.3. The Kier molecular flexibility index (Phi) is 5.07. The molecule has 1 aromatic carbocycles. The van der Waals surface area contributed by atoms with Gasteiger partial charge in [0.15, 0.2) is 18.1 Å². The van der Waals surface area contributed by atoms with Crippen molar-refractivity contribution >= 4 is 5.91 Å². The summed E-state index contributed by atoms with van der Waals surface area (Å²) in [7, 11) is 1.58. The lowest BCUT2D eigenvalue weighted by atomic mass is 10.0. The van der Waals surface area contributed by atoms with Gasteiger partial charge in [-0.2, -0.15) is 0 Å². The van der Waals surface area contributed by atoms with Gasteiger partial charge in [-0.15, -0.1) is 0 Å². The summed E-state index contributed by atoms with van der Waals surface area (Å²) in [6.45, 7) is 5.24. The molecule has 5 nitrogen and oxygen atoms in total. The molecule has 1 amide bonds. The van der Waals surface area contributed by atoms with Crippen LogP contribution in [0.15, 0.2) is 18.2 Å². The van der Waals surface area contributed by atoms with Crippen molar-refractivity contribution in [3.63, 3.8) is 0 Å². The molecule has 1 aliphatic heterocycles. The third-order valence-corrected chi connectivity index (χ3v) is 3.64. The van der Waals surface area contributed by atoms with Gasteiger partial charge in [-0.05, 0) is 44.4 Å². The second-order valence-electron chi connectivity index (χ2n) is 5.62. The van der Waals surface area contributed by atoms with Gasteiger partial charge in [0, 0.05) is 13.2 Å². The maximum Gasteiger partial charge on any atom is 0.258 e. The number of carbonyl (C=O) groups is 1. The fraction of sp³-hybridized carbons (Fsp3) is 0.562. The second kappa shape index (κ2) is 6.80. The molecule has 0 bridgehead atoms. The van der Waals surface area contributed by atoms with Crippen LogP contribution in [0.4, 0.5) is 0 Å². The number of ether oxygens (including phenoxy) is 3. The van der Waals surface area contributed by atoms with Crippen LogP contribution in [-0.4, -0.2) is 38.4 Å². The molecule has 1 saturated heterocycles. The van der Waals surface area contributed by atoms with E-state index < -0.39 is 0 Å². The lowest BCUT2D eigenvalue weighted by molar-refractivity contribution is -0.124. The minimum atomic E-state index is -0.239. The lowest BCUT2D eigenvalue weighted by Gasteiger charge is -2.23. The number of amides is 1. The van der Waals surface area contributed by atoms with Crippen LogP contribution in [0.25, 0.3) is 0 Å². The highest BCUT2D eigenvalue weighted by atomic mass is 16.5. The van der Waals surface area contributed by atoms with E-state index in [1.807, 2.05) is 32.0 Å². The normalized spacial score (nSPS) is 21.1. The van der Waals surface area contributed by atoms with Gasteiger partial charge in [0.1, 0.15) is 0 Å². The second-order valence-corrected chi connectivity index (χ2v) is 5.62. The zero-order valence-corrected chi connectivity index (χ0v) is 12.9. The Labute approximate surface area is 125 Å². The summed E-state index contributed by atoms with van der Waals surface area (Å²) < 4.78 is 16.4. The molecule has 1 N–H and O–H groups in total. The summed E-state index contributed by atoms with van der Waals surface area (Å²) in [6.07, 6.45) is 2.02. The third-order valence-electron chi connectivity index (χ3n) is 3.64. The smallest absolute Gasteiger partial charge is 0.258 e. The van der Waals surface area contributed by atoms with E-state index in [-0.39, 0.29) is 18.1 Å². The molecule has 0 aromatic heterocycles. The van der Waals surface area contributed by atoms with Gasteiger partial charge in [-0.3, -0.25) is 4.79 Å². The number of methoxy groups -OCH3 is 1. The molecule has 1 atom stereocenters. The molecule has 116 valence electrons. The van der Waals surface area contributed by atoms with Gasteiger partial charge in [0.05, 0.1) is 12.7 Å². The first-order valence-electron chi connectivity index (χ1n) is 7.20. The standard InChI is InChI=1S/C16H23NO4/c1-12-5-6-13(14(9-12)19-3)20-10-15(18)17-11-16(2)7-4-8-21-16/h5-6,9H,4,7-8,10-11H2,1-3H3,(H,17,18). The summed E-state index contributed by atoms with van der Waals surface area (Å²) >= 11 is 0. The molecule has 0 saturated carbocycles. The average molecular weight is 293 g/mol. The summed E-state index contributed by atoms with van der Waals surface area (Å²) in [5.41, 5.74) is 0.840. The van der Waals surface area contributed by atoms with E-state index in [0.29, 0.717) is 18.0 Å². The fourth-order valence-electron chi connectivity index (χ4n) is 2.35. The Morgan fingerprint density at radius 2 is 2.24 bits per heavy atom. The van der Waals surface area contributed by atoms with E-state index in [4.69, 9.17) is 14.2 Å². The molecular weight excluding hydrogens is 270 g/mol. The van der Waals surface area contributed by atoms with E-state index in [2.05, 4.69) is 5.32 Å². The van der Waals surface area contributed by atoms with Crippen molar-refractivity contribution < 1.29 is 19.0 Å². The highest BCUT2D eigenvalue weighted by Gasteiger charge is 2.29. The number of hydrogen-bond acceptors (Lipinski definition) is 4. The molecule has 21 heavy (non-hydrogen) atoms. The first kappa shape index (κ1) is 15.6. The number of aryl methyl sites for hydroxylation is 1. The molecule has 1 aliphatic rings. The maximum absolute atomic E-state index is 11.8. The molecular formula is C16H23NO4. The summed E-state index contributed by atoms with van der Waals surface area (Å²) in [5.74, 6) is 1.05. The van der Waals surface area contributed by atoms with Crippen molar-refractivity contribution in [3.05, 3.63) is 23.8 Å². The van der Waals surface area contributed by atoms with Gasteiger partial charge in [-0.1, -0.05) is 6.07 Å². The van der Waals surface area contributed by atoms with Gasteiger partial charge in [0.25, 0.3) is 5.91 Å². The zero-order valence-electron chi connectivity index (χ0n) is 12.9. The number of benzene rings is 1. The predicted octanol–water partition coefficient (Wildman–Crippen LogP) is 2.07. The highest BCUT2D eigenvalue weighted by molar-refractivity contribution is 5.77. The van der Waals surface area contributed by atoms with Crippen molar-refractivity contribution in [2.75, 3.05) is 26.9 Å². The van der Waals surface area contributed by atoms with E-state index in [1.54, 1.807) is 7.11 Å². The van der Waals surface area contributed by atoms with Crippen LogP contribution >= 0.6 is 0 Å². The van der Waals surface area contributed by atoms with Crippen molar-refractivity contribution in [1.29, 1.82) is 0 Å². The van der Waals surface area contributed by atoms with Gasteiger partial charge in [-0.25, -0.2) is 0 Å². The molecule has 5 heteroatoms. The van der Waals surface area contributed by atoms with Crippen molar-refractivity contribution in [1.82, 2.24) is 5.32 Å². The Morgan fingerprint density at radius 1 is 1.43 bits per heavy atom. The molecule has 1 fully saturated rings. The largest absolute Gasteiger partial charge is 0.493 e. The van der Waals surface area contributed by atoms with Crippen LogP contribution in [0.2, 0.25) is 0 Å².